The maximum atomic E-state index is 11.9. The van der Waals surface area contributed by atoms with Gasteiger partial charge in [-0.05, 0) is 43.4 Å². The number of hydrogen-bond donors (Lipinski definition) is 1. The molecule has 0 saturated heterocycles. The Morgan fingerprint density at radius 1 is 1.25 bits per heavy atom. The normalized spacial score (nSPS) is 22.4. The molecule has 1 fully saturated rings. The van der Waals surface area contributed by atoms with Crippen molar-refractivity contribution in [2.45, 2.75) is 50.7 Å². The highest BCUT2D eigenvalue weighted by molar-refractivity contribution is 5.70. The lowest BCUT2D eigenvalue weighted by molar-refractivity contribution is -0.152. The van der Waals surface area contributed by atoms with Gasteiger partial charge < -0.3 is 15.2 Å². The molecule has 0 radical (unpaired) electrons. The number of benzene rings is 1. The predicted octanol–water partition coefficient (Wildman–Crippen LogP) is 2.70. The molecule has 2 N–H and O–H groups in total. The van der Waals surface area contributed by atoms with E-state index in [1.807, 2.05) is 24.3 Å². The molecule has 20 heavy (non-hydrogen) atoms. The van der Waals surface area contributed by atoms with E-state index in [0.717, 1.165) is 36.9 Å². The molecule has 1 aliphatic carbocycles. The monoisotopic (exact) mass is 277 g/mol. The fraction of sp³-hybridized carbons (Fsp3) is 0.562. The number of anilines is 1. The van der Waals surface area contributed by atoms with Crippen LogP contribution in [0, 0.1) is 0 Å². The highest BCUT2D eigenvalue weighted by Gasteiger charge is 2.24. The van der Waals surface area contributed by atoms with Crippen molar-refractivity contribution in [2.75, 3.05) is 12.8 Å². The third-order valence-electron chi connectivity index (χ3n) is 3.81. The van der Waals surface area contributed by atoms with Crippen LogP contribution in [0.2, 0.25) is 0 Å². The molecule has 2 unspecified atom stereocenters. The molecule has 0 aromatic heterocycles. The molecule has 4 nitrogen and oxygen atoms in total. The number of hydrogen-bond acceptors (Lipinski definition) is 4. The van der Waals surface area contributed by atoms with Crippen LogP contribution in [-0.2, 0) is 20.7 Å². The number of nitrogens with two attached hydrogens (primary N) is 1. The molecular formula is C16H23NO3. The van der Waals surface area contributed by atoms with Gasteiger partial charge >= 0.3 is 5.97 Å². The smallest absolute Gasteiger partial charge is 0.306 e. The van der Waals surface area contributed by atoms with E-state index in [1.54, 1.807) is 7.11 Å². The van der Waals surface area contributed by atoms with Crippen LogP contribution in [-0.4, -0.2) is 25.3 Å². The van der Waals surface area contributed by atoms with Crippen LogP contribution >= 0.6 is 0 Å². The summed E-state index contributed by atoms with van der Waals surface area (Å²) >= 11 is 0. The minimum atomic E-state index is -0.122. The van der Waals surface area contributed by atoms with Crippen LogP contribution < -0.4 is 5.73 Å². The zero-order valence-electron chi connectivity index (χ0n) is 12.0. The van der Waals surface area contributed by atoms with Crippen LogP contribution in [0.4, 0.5) is 5.69 Å². The predicted molar refractivity (Wildman–Crippen MR) is 78.3 cm³/mol. The van der Waals surface area contributed by atoms with E-state index in [-0.39, 0.29) is 18.2 Å². The lowest BCUT2D eigenvalue weighted by atomic mass is 9.95. The first-order valence-corrected chi connectivity index (χ1v) is 7.24. The number of methoxy groups -OCH3 is 1. The highest BCUT2D eigenvalue weighted by Crippen LogP contribution is 2.23. The van der Waals surface area contributed by atoms with Gasteiger partial charge in [-0.15, -0.1) is 0 Å². The second kappa shape index (κ2) is 7.29. The molecule has 1 saturated carbocycles. The van der Waals surface area contributed by atoms with E-state index in [4.69, 9.17) is 15.2 Å². The molecule has 0 aliphatic heterocycles. The third kappa shape index (κ3) is 4.53. The number of esters is 1. The van der Waals surface area contributed by atoms with Gasteiger partial charge in [-0.25, -0.2) is 0 Å². The SMILES string of the molecule is COC1CCCC(OC(=O)CCc2ccc(N)cc2)C1. The van der Waals surface area contributed by atoms with Gasteiger partial charge in [-0.3, -0.25) is 4.79 Å². The van der Waals surface area contributed by atoms with E-state index >= 15 is 0 Å². The lowest BCUT2D eigenvalue weighted by Gasteiger charge is -2.27. The Labute approximate surface area is 120 Å². The summed E-state index contributed by atoms with van der Waals surface area (Å²) in [4.78, 5) is 11.9. The molecule has 0 heterocycles. The largest absolute Gasteiger partial charge is 0.462 e. The number of carbonyl (C=O) groups excluding carboxylic acids is 1. The Hall–Kier alpha value is -1.55. The molecule has 0 amide bonds. The molecule has 4 heteroatoms. The first-order valence-electron chi connectivity index (χ1n) is 7.24. The molecule has 2 rings (SSSR count). The summed E-state index contributed by atoms with van der Waals surface area (Å²) in [5, 5.41) is 0. The standard InChI is InChI=1S/C16H23NO3/c1-19-14-3-2-4-15(11-14)20-16(18)10-7-12-5-8-13(17)9-6-12/h5-6,8-9,14-15H,2-4,7,10-11,17H2,1H3. The van der Waals surface area contributed by atoms with E-state index < -0.39 is 0 Å². The van der Waals surface area contributed by atoms with Crippen LogP contribution in [0.15, 0.2) is 24.3 Å². The van der Waals surface area contributed by atoms with Crippen molar-refractivity contribution in [3.63, 3.8) is 0 Å². The highest BCUT2D eigenvalue weighted by atomic mass is 16.5. The van der Waals surface area contributed by atoms with E-state index in [9.17, 15) is 4.79 Å². The second-order valence-electron chi connectivity index (χ2n) is 5.38. The summed E-state index contributed by atoms with van der Waals surface area (Å²) in [5.41, 5.74) is 7.48. The van der Waals surface area contributed by atoms with Crippen LogP contribution in [0.1, 0.15) is 37.7 Å². The van der Waals surface area contributed by atoms with Crippen molar-refractivity contribution >= 4 is 11.7 Å². The Morgan fingerprint density at radius 3 is 2.65 bits per heavy atom. The molecule has 1 aromatic carbocycles. The van der Waals surface area contributed by atoms with Crippen molar-refractivity contribution in [1.82, 2.24) is 0 Å². The summed E-state index contributed by atoms with van der Waals surface area (Å²) in [6.45, 7) is 0. The van der Waals surface area contributed by atoms with Gasteiger partial charge in [-0.1, -0.05) is 12.1 Å². The minimum absolute atomic E-state index is 0.0209. The summed E-state index contributed by atoms with van der Waals surface area (Å²) in [7, 11) is 1.72. The quantitative estimate of drug-likeness (QED) is 0.664. The van der Waals surface area contributed by atoms with Gasteiger partial charge in [0.05, 0.1) is 6.10 Å². The van der Waals surface area contributed by atoms with Gasteiger partial charge in [0.15, 0.2) is 0 Å². The average Bonchev–Trinajstić information content (AvgIpc) is 2.47. The van der Waals surface area contributed by atoms with Gasteiger partial charge in [-0.2, -0.15) is 0 Å². The molecular weight excluding hydrogens is 254 g/mol. The number of aryl methyl sites for hydroxylation is 1. The van der Waals surface area contributed by atoms with Crippen LogP contribution in [0.25, 0.3) is 0 Å². The van der Waals surface area contributed by atoms with E-state index in [1.165, 1.54) is 0 Å². The fourth-order valence-electron chi connectivity index (χ4n) is 2.60. The van der Waals surface area contributed by atoms with E-state index in [0.29, 0.717) is 12.8 Å². The number of nitrogen functional groups attached to an aromatic ring is 1. The first kappa shape index (κ1) is 14.9. The van der Waals surface area contributed by atoms with Crippen molar-refractivity contribution < 1.29 is 14.3 Å². The van der Waals surface area contributed by atoms with Gasteiger partial charge in [0.25, 0.3) is 0 Å². The summed E-state index contributed by atoms with van der Waals surface area (Å²) in [6.07, 6.45) is 5.27. The summed E-state index contributed by atoms with van der Waals surface area (Å²) < 4.78 is 10.9. The Balaban J connectivity index is 1.73. The maximum Gasteiger partial charge on any atom is 0.306 e. The van der Waals surface area contributed by atoms with Crippen molar-refractivity contribution in [1.29, 1.82) is 0 Å². The lowest BCUT2D eigenvalue weighted by Crippen LogP contribution is -2.29. The maximum absolute atomic E-state index is 11.9. The van der Waals surface area contributed by atoms with Gasteiger partial charge in [0.2, 0.25) is 0 Å². The molecule has 1 aromatic rings. The van der Waals surface area contributed by atoms with Gasteiger partial charge in [0.1, 0.15) is 6.10 Å². The molecule has 0 bridgehead atoms. The summed E-state index contributed by atoms with van der Waals surface area (Å²) in [6, 6.07) is 7.60. The van der Waals surface area contributed by atoms with Crippen molar-refractivity contribution in [3.05, 3.63) is 29.8 Å². The zero-order chi connectivity index (χ0) is 14.4. The Bertz CT molecular complexity index is 430. The molecule has 1 aliphatic rings. The number of carbonyl (C=O) groups is 1. The van der Waals surface area contributed by atoms with Crippen LogP contribution in [0.3, 0.4) is 0 Å². The number of rotatable bonds is 5. The second-order valence-corrected chi connectivity index (χ2v) is 5.38. The fourth-order valence-corrected chi connectivity index (χ4v) is 2.60. The van der Waals surface area contributed by atoms with Crippen molar-refractivity contribution in [3.8, 4) is 0 Å². The first-order chi connectivity index (χ1) is 9.67. The van der Waals surface area contributed by atoms with E-state index in [2.05, 4.69) is 0 Å². The molecule has 0 spiro atoms. The third-order valence-corrected chi connectivity index (χ3v) is 3.81. The summed E-state index contributed by atoms with van der Waals surface area (Å²) in [5.74, 6) is -0.122. The van der Waals surface area contributed by atoms with Gasteiger partial charge in [0, 0.05) is 25.6 Å². The number of ether oxygens (including phenoxy) is 2. The minimum Gasteiger partial charge on any atom is -0.462 e. The zero-order valence-corrected chi connectivity index (χ0v) is 12.0. The topological polar surface area (TPSA) is 61.5 Å². The Kier molecular flexibility index (Phi) is 5.41. The molecule has 2 atom stereocenters. The van der Waals surface area contributed by atoms with Crippen LogP contribution in [0.5, 0.6) is 0 Å². The average molecular weight is 277 g/mol. The molecule has 110 valence electrons. The Morgan fingerprint density at radius 2 is 1.95 bits per heavy atom. The van der Waals surface area contributed by atoms with Crippen molar-refractivity contribution in [2.24, 2.45) is 0 Å².